The van der Waals surface area contributed by atoms with E-state index in [0.29, 0.717) is 6.54 Å². The molecule has 3 heterocycles. The summed E-state index contributed by atoms with van der Waals surface area (Å²) in [5.74, 6) is -1.56. The second kappa shape index (κ2) is 6.60. The monoisotopic (exact) mass is 357 g/mol. The van der Waals surface area contributed by atoms with Gasteiger partial charge in [0.2, 0.25) is 0 Å². The molecule has 23 heavy (non-hydrogen) atoms. The lowest BCUT2D eigenvalue weighted by Gasteiger charge is -2.24. The number of thiophene rings is 1. The van der Waals surface area contributed by atoms with Crippen LogP contribution in [0.25, 0.3) is 0 Å². The number of ether oxygens (including phenoxy) is 1. The van der Waals surface area contributed by atoms with Crippen LogP contribution in [-0.4, -0.2) is 49.9 Å². The van der Waals surface area contributed by atoms with Crippen molar-refractivity contribution in [1.82, 2.24) is 4.90 Å². The normalized spacial score (nSPS) is 26.3. The summed E-state index contributed by atoms with van der Waals surface area (Å²) in [5, 5.41) is 1.98. The van der Waals surface area contributed by atoms with Crippen molar-refractivity contribution in [3.8, 4) is 0 Å². The number of nitrogens with zero attached hydrogens (tertiary/aromatic N) is 1. The van der Waals surface area contributed by atoms with Gasteiger partial charge in [-0.2, -0.15) is 0 Å². The molecule has 1 aromatic rings. The lowest BCUT2D eigenvalue weighted by molar-refractivity contribution is -0.155. The van der Waals surface area contributed by atoms with Gasteiger partial charge in [-0.05, 0) is 30.7 Å². The molecule has 1 aromatic heterocycles. The third kappa shape index (κ3) is 3.74. The molecule has 0 N–H and O–H groups in total. The maximum Gasteiger partial charge on any atom is 0.310 e. The Hall–Kier alpha value is -1.41. The molecule has 0 aromatic carbocycles. The van der Waals surface area contributed by atoms with E-state index < -0.39 is 21.7 Å². The zero-order chi connectivity index (χ0) is 16.4. The highest BCUT2D eigenvalue weighted by molar-refractivity contribution is 7.91. The van der Waals surface area contributed by atoms with Crippen LogP contribution in [0.5, 0.6) is 0 Å². The minimum Gasteiger partial charge on any atom is -0.455 e. The van der Waals surface area contributed by atoms with Crippen molar-refractivity contribution in [3.63, 3.8) is 0 Å². The van der Waals surface area contributed by atoms with Crippen molar-refractivity contribution in [1.29, 1.82) is 0 Å². The van der Waals surface area contributed by atoms with E-state index in [1.807, 2.05) is 17.5 Å². The molecule has 3 rings (SSSR count). The van der Waals surface area contributed by atoms with E-state index in [9.17, 15) is 18.0 Å². The topological polar surface area (TPSA) is 80.8 Å². The molecule has 0 spiro atoms. The van der Waals surface area contributed by atoms with Crippen LogP contribution < -0.4 is 0 Å². The van der Waals surface area contributed by atoms with E-state index in [1.165, 1.54) is 0 Å². The fourth-order valence-electron chi connectivity index (χ4n) is 3.16. The molecular formula is C15H19NO5S2. The lowest BCUT2D eigenvalue weighted by Crippen LogP contribution is -2.34. The summed E-state index contributed by atoms with van der Waals surface area (Å²) < 4.78 is 27.8. The maximum atomic E-state index is 12.3. The molecule has 6 nitrogen and oxygen atoms in total. The molecule has 2 saturated heterocycles. The van der Waals surface area contributed by atoms with Crippen LogP contribution in [0.3, 0.4) is 0 Å². The van der Waals surface area contributed by atoms with Gasteiger partial charge >= 0.3 is 5.97 Å². The van der Waals surface area contributed by atoms with Crippen LogP contribution in [0, 0.1) is 5.92 Å². The summed E-state index contributed by atoms with van der Waals surface area (Å²) in [5.41, 5.74) is 0. The molecule has 2 fully saturated rings. The highest BCUT2D eigenvalue weighted by Gasteiger charge is 2.35. The van der Waals surface area contributed by atoms with Crippen LogP contribution in [0.4, 0.5) is 0 Å². The van der Waals surface area contributed by atoms with Crippen LogP contribution in [-0.2, 0) is 24.2 Å². The van der Waals surface area contributed by atoms with Gasteiger partial charge < -0.3 is 9.64 Å². The average Bonchev–Trinajstić information content (AvgIpc) is 3.23. The zero-order valence-corrected chi connectivity index (χ0v) is 14.3. The highest BCUT2D eigenvalue weighted by Crippen LogP contribution is 2.34. The van der Waals surface area contributed by atoms with Gasteiger partial charge in [0.1, 0.15) is 0 Å². The molecule has 126 valence electrons. The first kappa shape index (κ1) is 16.4. The van der Waals surface area contributed by atoms with Crippen molar-refractivity contribution in [2.45, 2.75) is 25.3 Å². The van der Waals surface area contributed by atoms with Gasteiger partial charge in [0.05, 0.1) is 23.5 Å². The first-order valence-electron chi connectivity index (χ1n) is 7.66. The predicted molar refractivity (Wildman–Crippen MR) is 85.7 cm³/mol. The van der Waals surface area contributed by atoms with Crippen LogP contribution >= 0.6 is 11.3 Å². The molecule has 2 aliphatic heterocycles. The molecular weight excluding hydrogens is 338 g/mol. The zero-order valence-electron chi connectivity index (χ0n) is 12.6. The Bertz CT molecular complexity index is 683. The minimum atomic E-state index is -3.13. The minimum absolute atomic E-state index is 0.0211. The fraction of sp³-hybridized carbons (Fsp3) is 0.600. The van der Waals surface area contributed by atoms with Crippen molar-refractivity contribution < 1.29 is 22.7 Å². The summed E-state index contributed by atoms with van der Waals surface area (Å²) in [6.07, 6.45) is 2.14. The third-order valence-electron chi connectivity index (χ3n) is 4.35. The Kier molecular flexibility index (Phi) is 4.72. The molecule has 2 unspecified atom stereocenters. The van der Waals surface area contributed by atoms with E-state index in [4.69, 9.17) is 4.74 Å². The number of likely N-dealkylation sites (tertiary alicyclic amines) is 1. The Morgan fingerprint density at radius 3 is 2.83 bits per heavy atom. The molecule has 0 aliphatic carbocycles. The smallest absolute Gasteiger partial charge is 0.310 e. The Morgan fingerprint density at radius 2 is 2.17 bits per heavy atom. The van der Waals surface area contributed by atoms with Crippen LogP contribution in [0.15, 0.2) is 17.5 Å². The fourth-order valence-corrected chi connectivity index (χ4v) is 5.76. The number of carbonyl (C=O) groups is 2. The standard InChI is InChI=1S/C15H19NO5S2/c17-14(9-21-15(18)11-5-8-23(19,20)10-11)16-6-1-3-12(16)13-4-2-7-22-13/h2,4,7,11-12H,1,3,5-6,8-10H2. The van der Waals surface area contributed by atoms with E-state index >= 15 is 0 Å². The number of rotatable bonds is 4. The number of hydrogen-bond acceptors (Lipinski definition) is 6. The van der Waals surface area contributed by atoms with Gasteiger partial charge in [-0.1, -0.05) is 6.07 Å². The number of esters is 1. The second-order valence-electron chi connectivity index (χ2n) is 5.97. The molecule has 8 heteroatoms. The van der Waals surface area contributed by atoms with Gasteiger partial charge in [0.25, 0.3) is 5.91 Å². The van der Waals surface area contributed by atoms with Gasteiger partial charge in [0.15, 0.2) is 16.4 Å². The van der Waals surface area contributed by atoms with Gasteiger partial charge in [-0.25, -0.2) is 8.42 Å². The molecule has 0 radical (unpaired) electrons. The van der Waals surface area contributed by atoms with Crippen molar-refractivity contribution in [3.05, 3.63) is 22.4 Å². The first-order chi connectivity index (χ1) is 11.0. The summed E-state index contributed by atoms with van der Waals surface area (Å²) in [6.45, 7) is 0.355. The number of carbonyl (C=O) groups excluding carboxylic acids is 2. The van der Waals surface area contributed by atoms with Crippen molar-refractivity contribution in [2.24, 2.45) is 5.92 Å². The molecule has 1 amide bonds. The van der Waals surface area contributed by atoms with Crippen LogP contribution in [0.1, 0.15) is 30.2 Å². The summed E-state index contributed by atoms with van der Waals surface area (Å²) >= 11 is 1.62. The quantitative estimate of drug-likeness (QED) is 0.761. The first-order valence-corrected chi connectivity index (χ1v) is 10.4. The second-order valence-corrected chi connectivity index (χ2v) is 9.18. The third-order valence-corrected chi connectivity index (χ3v) is 7.09. The molecule has 0 bridgehead atoms. The van der Waals surface area contributed by atoms with Gasteiger partial charge in [-0.3, -0.25) is 9.59 Å². The number of sulfone groups is 1. The average molecular weight is 357 g/mol. The number of hydrogen-bond donors (Lipinski definition) is 0. The van der Waals surface area contributed by atoms with Crippen molar-refractivity contribution >= 4 is 33.1 Å². The predicted octanol–water partition coefficient (Wildman–Crippen LogP) is 1.39. The van der Waals surface area contributed by atoms with E-state index in [-0.39, 0.29) is 36.5 Å². The largest absolute Gasteiger partial charge is 0.455 e. The summed E-state index contributed by atoms with van der Waals surface area (Å²) in [4.78, 5) is 27.1. The Labute approximate surface area is 139 Å². The molecule has 2 aliphatic rings. The van der Waals surface area contributed by atoms with E-state index in [0.717, 1.165) is 17.7 Å². The number of amides is 1. The summed E-state index contributed by atoms with van der Waals surface area (Å²) in [6, 6.07) is 4.03. The molecule has 2 atom stereocenters. The van der Waals surface area contributed by atoms with Crippen molar-refractivity contribution in [2.75, 3.05) is 24.7 Å². The Balaban J connectivity index is 1.54. The summed E-state index contributed by atoms with van der Waals surface area (Å²) in [7, 11) is -3.13. The molecule has 0 saturated carbocycles. The lowest BCUT2D eigenvalue weighted by atomic mass is 10.1. The van der Waals surface area contributed by atoms with Crippen LogP contribution in [0.2, 0.25) is 0 Å². The SMILES string of the molecule is O=C(OCC(=O)N1CCCC1c1cccs1)C1CCS(=O)(=O)C1. The highest BCUT2D eigenvalue weighted by atomic mass is 32.2. The van der Waals surface area contributed by atoms with E-state index in [1.54, 1.807) is 16.2 Å². The maximum absolute atomic E-state index is 12.3. The van der Waals surface area contributed by atoms with E-state index in [2.05, 4.69) is 0 Å². The van der Waals surface area contributed by atoms with Gasteiger partial charge in [0, 0.05) is 11.4 Å². The Morgan fingerprint density at radius 1 is 1.35 bits per heavy atom. The van der Waals surface area contributed by atoms with Gasteiger partial charge in [-0.15, -0.1) is 11.3 Å².